The van der Waals surface area contributed by atoms with Crippen molar-refractivity contribution in [2.75, 3.05) is 0 Å². The predicted octanol–water partition coefficient (Wildman–Crippen LogP) is 2.98. The lowest BCUT2D eigenvalue weighted by molar-refractivity contribution is -0.150. The Morgan fingerprint density at radius 2 is 1.74 bits per heavy atom. The van der Waals surface area contributed by atoms with E-state index in [1.165, 1.54) is 0 Å². The van der Waals surface area contributed by atoms with Crippen LogP contribution in [0.25, 0.3) is 0 Å². The first kappa shape index (κ1) is 15.7. The molecule has 4 nitrogen and oxygen atoms in total. The van der Waals surface area contributed by atoms with Gasteiger partial charge in [0, 0.05) is 9.75 Å². The fourth-order valence-corrected chi connectivity index (χ4v) is 2.55. The molecule has 0 saturated heterocycles. The van der Waals surface area contributed by atoms with Gasteiger partial charge >= 0.3 is 5.97 Å². The number of rotatable bonds is 4. The molecule has 2 N–H and O–H groups in total. The van der Waals surface area contributed by atoms with Crippen LogP contribution in [0.2, 0.25) is 0 Å². The first-order chi connectivity index (χ1) is 8.49. The maximum absolute atomic E-state index is 12.3. The molecule has 0 radical (unpaired) electrons. The maximum atomic E-state index is 12.3. The number of carboxylic acids is 1. The molecule has 5 heteroatoms. The van der Waals surface area contributed by atoms with Crippen molar-refractivity contribution in [2.24, 2.45) is 5.41 Å². The van der Waals surface area contributed by atoms with Crippen molar-refractivity contribution in [3.05, 3.63) is 21.4 Å². The van der Waals surface area contributed by atoms with Gasteiger partial charge in [0.25, 0.3) is 5.91 Å². The Morgan fingerprint density at radius 3 is 2.11 bits per heavy atom. The lowest BCUT2D eigenvalue weighted by Gasteiger charge is -2.38. The van der Waals surface area contributed by atoms with E-state index >= 15 is 0 Å². The van der Waals surface area contributed by atoms with Gasteiger partial charge in [-0.15, -0.1) is 11.3 Å². The second-order valence-corrected chi connectivity index (χ2v) is 7.30. The van der Waals surface area contributed by atoms with E-state index in [9.17, 15) is 14.7 Å². The molecule has 0 unspecified atom stereocenters. The number of carbonyl (C=O) groups excluding carboxylic acids is 1. The van der Waals surface area contributed by atoms with Crippen LogP contribution >= 0.6 is 11.3 Å². The van der Waals surface area contributed by atoms with Gasteiger partial charge < -0.3 is 10.4 Å². The molecular weight excluding hydrogens is 262 g/mol. The van der Waals surface area contributed by atoms with Crippen molar-refractivity contribution in [1.82, 2.24) is 5.32 Å². The highest BCUT2D eigenvalue weighted by Crippen LogP contribution is 2.31. The Morgan fingerprint density at radius 1 is 1.21 bits per heavy atom. The molecular formula is C14H21NO3S. The second kappa shape index (κ2) is 4.96. The number of thiophene rings is 1. The summed E-state index contributed by atoms with van der Waals surface area (Å²) in [6.45, 7) is 10.5. The highest BCUT2D eigenvalue weighted by Gasteiger charge is 2.44. The number of aliphatic carboxylic acids is 1. The van der Waals surface area contributed by atoms with Crippen LogP contribution in [0, 0.1) is 19.3 Å². The summed E-state index contributed by atoms with van der Waals surface area (Å²) in [6.07, 6.45) is 0. The molecule has 1 aromatic heterocycles. The molecule has 19 heavy (non-hydrogen) atoms. The van der Waals surface area contributed by atoms with Crippen LogP contribution in [-0.4, -0.2) is 22.5 Å². The van der Waals surface area contributed by atoms with Gasteiger partial charge in [0.15, 0.2) is 0 Å². The molecule has 0 aliphatic heterocycles. The number of carboxylic acid groups (broad SMARTS) is 1. The fraction of sp³-hybridized carbons (Fsp3) is 0.571. The molecule has 1 aromatic rings. The normalized spacial score (nSPS) is 12.3. The summed E-state index contributed by atoms with van der Waals surface area (Å²) in [7, 11) is 0. The quantitative estimate of drug-likeness (QED) is 0.892. The molecule has 1 heterocycles. The highest BCUT2D eigenvalue weighted by molar-refractivity contribution is 7.12. The second-order valence-electron chi connectivity index (χ2n) is 5.84. The first-order valence-electron chi connectivity index (χ1n) is 6.12. The first-order valence-corrected chi connectivity index (χ1v) is 6.93. The van der Waals surface area contributed by atoms with Crippen molar-refractivity contribution in [3.63, 3.8) is 0 Å². The van der Waals surface area contributed by atoms with E-state index in [-0.39, 0.29) is 5.91 Å². The third kappa shape index (κ3) is 2.97. The summed E-state index contributed by atoms with van der Waals surface area (Å²) in [5.41, 5.74) is -1.28. The Balaban J connectivity index is 2.99. The lowest BCUT2D eigenvalue weighted by Crippen LogP contribution is -2.57. The van der Waals surface area contributed by atoms with Gasteiger partial charge in [-0.1, -0.05) is 0 Å². The van der Waals surface area contributed by atoms with Gasteiger partial charge in [0.05, 0.1) is 16.5 Å². The van der Waals surface area contributed by atoms with Crippen LogP contribution in [0.4, 0.5) is 0 Å². The summed E-state index contributed by atoms with van der Waals surface area (Å²) in [4.78, 5) is 25.6. The molecule has 0 bridgehead atoms. The third-order valence-electron chi connectivity index (χ3n) is 3.81. The summed E-state index contributed by atoms with van der Waals surface area (Å²) in [6, 6.07) is 1.83. The zero-order chi connectivity index (χ0) is 15.0. The minimum atomic E-state index is -1.05. The summed E-state index contributed by atoms with van der Waals surface area (Å²) in [5.74, 6) is -1.16. The molecule has 1 amide bonds. The number of nitrogens with one attached hydrogen (secondary N) is 1. The zero-order valence-electron chi connectivity index (χ0n) is 12.2. The van der Waals surface area contributed by atoms with Crippen molar-refractivity contribution < 1.29 is 14.7 Å². The van der Waals surface area contributed by atoms with Crippen molar-refractivity contribution >= 4 is 23.2 Å². The van der Waals surface area contributed by atoms with E-state index in [1.54, 1.807) is 39.0 Å². The van der Waals surface area contributed by atoms with E-state index in [0.29, 0.717) is 5.56 Å². The highest BCUT2D eigenvalue weighted by atomic mass is 32.1. The Labute approximate surface area is 117 Å². The largest absolute Gasteiger partial charge is 0.481 e. The van der Waals surface area contributed by atoms with Gasteiger partial charge in [0.1, 0.15) is 0 Å². The number of hydrogen-bond acceptors (Lipinski definition) is 3. The molecule has 0 aromatic carbocycles. The molecule has 1 rings (SSSR count). The number of carbonyl (C=O) groups is 2. The summed E-state index contributed by atoms with van der Waals surface area (Å²) >= 11 is 1.56. The fourth-order valence-electron chi connectivity index (χ4n) is 1.63. The van der Waals surface area contributed by atoms with Gasteiger partial charge in [-0.25, -0.2) is 0 Å². The number of amides is 1. The van der Waals surface area contributed by atoms with Crippen LogP contribution in [0.1, 0.15) is 47.8 Å². The SMILES string of the molecule is Cc1cc(C(=O)NC(C)(C)C(C)(C)C(=O)O)c(C)s1. The molecule has 0 aliphatic rings. The molecule has 0 aliphatic carbocycles. The average Bonchev–Trinajstić information content (AvgIpc) is 2.56. The van der Waals surface area contributed by atoms with E-state index in [1.807, 2.05) is 19.9 Å². The van der Waals surface area contributed by atoms with E-state index in [2.05, 4.69) is 5.32 Å². The monoisotopic (exact) mass is 283 g/mol. The van der Waals surface area contributed by atoms with Crippen molar-refractivity contribution in [2.45, 2.75) is 47.1 Å². The van der Waals surface area contributed by atoms with Crippen LogP contribution in [0.3, 0.4) is 0 Å². The Bertz CT molecular complexity index is 515. The molecule has 0 fully saturated rings. The molecule has 106 valence electrons. The predicted molar refractivity (Wildman–Crippen MR) is 76.8 cm³/mol. The van der Waals surface area contributed by atoms with E-state index < -0.39 is 16.9 Å². The van der Waals surface area contributed by atoms with Gasteiger partial charge in [-0.3, -0.25) is 9.59 Å². The van der Waals surface area contributed by atoms with Crippen LogP contribution in [-0.2, 0) is 4.79 Å². The van der Waals surface area contributed by atoms with E-state index in [0.717, 1.165) is 9.75 Å². The summed E-state index contributed by atoms with van der Waals surface area (Å²) in [5, 5.41) is 12.1. The number of aryl methyl sites for hydroxylation is 2. The topological polar surface area (TPSA) is 66.4 Å². The van der Waals surface area contributed by atoms with E-state index in [4.69, 9.17) is 0 Å². The third-order valence-corrected chi connectivity index (χ3v) is 4.77. The van der Waals surface area contributed by atoms with Gasteiger partial charge in [-0.05, 0) is 47.6 Å². The number of hydrogen-bond donors (Lipinski definition) is 2. The zero-order valence-corrected chi connectivity index (χ0v) is 13.1. The van der Waals surface area contributed by atoms with Crippen LogP contribution in [0.15, 0.2) is 6.07 Å². The minimum Gasteiger partial charge on any atom is -0.481 e. The van der Waals surface area contributed by atoms with Crippen LogP contribution < -0.4 is 5.32 Å². The van der Waals surface area contributed by atoms with Gasteiger partial charge in [-0.2, -0.15) is 0 Å². The standard InChI is InChI=1S/C14H21NO3S/c1-8-7-10(9(2)19-8)11(16)15-14(5,6)13(3,4)12(17)18/h7H,1-6H3,(H,15,16)(H,17,18). The minimum absolute atomic E-state index is 0.221. The maximum Gasteiger partial charge on any atom is 0.311 e. The molecule has 0 atom stereocenters. The lowest BCUT2D eigenvalue weighted by atomic mass is 9.74. The van der Waals surface area contributed by atoms with Crippen LogP contribution in [0.5, 0.6) is 0 Å². The Hall–Kier alpha value is -1.36. The Kier molecular flexibility index (Phi) is 4.10. The molecule has 0 spiro atoms. The van der Waals surface area contributed by atoms with Crippen molar-refractivity contribution in [3.8, 4) is 0 Å². The average molecular weight is 283 g/mol. The smallest absolute Gasteiger partial charge is 0.311 e. The summed E-state index contributed by atoms with van der Waals surface area (Å²) < 4.78 is 0. The van der Waals surface area contributed by atoms with Crippen molar-refractivity contribution in [1.29, 1.82) is 0 Å². The van der Waals surface area contributed by atoms with Gasteiger partial charge in [0.2, 0.25) is 0 Å². The molecule has 0 saturated carbocycles.